The number of carbonyl (C=O) groups is 1. The Hall–Kier alpha value is -2.13. The molecule has 0 spiro atoms. The quantitative estimate of drug-likeness (QED) is 0.730. The molecule has 25 heavy (non-hydrogen) atoms. The number of hydrogen-bond acceptors (Lipinski definition) is 2. The van der Waals surface area contributed by atoms with Gasteiger partial charge in [-0.25, -0.2) is 0 Å². The van der Waals surface area contributed by atoms with Crippen LogP contribution in [0, 0.1) is 0 Å². The van der Waals surface area contributed by atoms with Crippen LogP contribution in [0.1, 0.15) is 43.9 Å². The molecule has 0 aliphatic heterocycles. The minimum Gasteiger partial charge on any atom is -0.375 e. The van der Waals surface area contributed by atoms with Crippen LogP contribution in [0.5, 0.6) is 0 Å². The van der Waals surface area contributed by atoms with Crippen molar-refractivity contribution < 1.29 is 9.53 Å². The highest BCUT2D eigenvalue weighted by Gasteiger charge is 2.12. The van der Waals surface area contributed by atoms with E-state index in [-0.39, 0.29) is 11.3 Å². The first kappa shape index (κ1) is 19.2. The van der Waals surface area contributed by atoms with Gasteiger partial charge in [0, 0.05) is 13.0 Å². The maximum absolute atomic E-state index is 11.9. The lowest BCUT2D eigenvalue weighted by Gasteiger charge is -2.19. The van der Waals surface area contributed by atoms with Gasteiger partial charge < -0.3 is 10.1 Å². The maximum atomic E-state index is 11.9. The lowest BCUT2D eigenvalue weighted by atomic mass is 9.86. The number of benzene rings is 2. The molecule has 0 saturated heterocycles. The minimum absolute atomic E-state index is 0.0724. The van der Waals surface area contributed by atoms with E-state index >= 15 is 0 Å². The molecule has 0 aliphatic carbocycles. The monoisotopic (exact) mass is 339 g/mol. The number of rotatable bonds is 8. The van der Waals surface area contributed by atoms with Crippen molar-refractivity contribution in [1.29, 1.82) is 0 Å². The molecule has 0 radical (unpaired) electrons. The lowest BCUT2D eigenvalue weighted by Crippen LogP contribution is -2.27. The Labute approximate surface area is 151 Å². The topological polar surface area (TPSA) is 38.3 Å². The second-order valence-corrected chi connectivity index (χ2v) is 7.34. The molecule has 2 aromatic rings. The molecular formula is C22H29NO2. The Balaban J connectivity index is 1.61. The zero-order valence-corrected chi connectivity index (χ0v) is 15.5. The van der Waals surface area contributed by atoms with E-state index in [9.17, 15) is 4.79 Å². The highest BCUT2D eigenvalue weighted by atomic mass is 16.5. The summed E-state index contributed by atoms with van der Waals surface area (Å²) in [6, 6.07) is 18.6. The van der Waals surface area contributed by atoms with E-state index in [1.807, 2.05) is 30.3 Å². The van der Waals surface area contributed by atoms with Gasteiger partial charge >= 0.3 is 0 Å². The predicted octanol–water partition coefficient (Wildman–Crippen LogP) is 4.25. The fourth-order valence-corrected chi connectivity index (χ4v) is 2.54. The standard InChI is InChI=1S/C22H29NO2/c1-22(2,3)20-12-9-18(10-13-20)11-14-21(24)23-15-16-25-17-19-7-5-4-6-8-19/h4-10,12-13H,11,14-17H2,1-3H3,(H,23,24). The van der Waals surface area contributed by atoms with Crippen molar-refractivity contribution >= 4 is 5.91 Å². The molecule has 0 fully saturated rings. The lowest BCUT2D eigenvalue weighted by molar-refractivity contribution is -0.121. The molecule has 3 heteroatoms. The smallest absolute Gasteiger partial charge is 0.220 e. The van der Waals surface area contributed by atoms with Gasteiger partial charge in [0.15, 0.2) is 0 Å². The number of carbonyl (C=O) groups excluding carboxylic acids is 1. The van der Waals surface area contributed by atoms with E-state index in [1.165, 1.54) is 11.1 Å². The molecule has 2 aromatic carbocycles. The van der Waals surface area contributed by atoms with Crippen molar-refractivity contribution in [3.63, 3.8) is 0 Å². The van der Waals surface area contributed by atoms with Crippen LogP contribution in [-0.4, -0.2) is 19.1 Å². The third kappa shape index (κ3) is 7.10. The van der Waals surface area contributed by atoms with E-state index < -0.39 is 0 Å². The summed E-state index contributed by atoms with van der Waals surface area (Å²) in [5.41, 5.74) is 3.82. The average Bonchev–Trinajstić information content (AvgIpc) is 2.60. The Morgan fingerprint density at radius 1 is 0.960 bits per heavy atom. The van der Waals surface area contributed by atoms with Crippen LogP contribution in [-0.2, 0) is 28.0 Å². The predicted molar refractivity (Wildman–Crippen MR) is 103 cm³/mol. The average molecular weight is 339 g/mol. The van der Waals surface area contributed by atoms with Gasteiger partial charge in [0.05, 0.1) is 13.2 Å². The first-order valence-corrected chi connectivity index (χ1v) is 8.93. The number of hydrogen-bond donors (Lipinski definition) is 1. The number of amides is 1. The van der Waals surface area contributed by atoms with Crippen LogP contribution < -0.4 is 5.32 Å². The minimum atomic E-state index is 0.0724. The van der Waals surface area contributed by atoms with E-state index in [1.54, 1.807) is 0 Å². The molecule has 0 atom stereocenters. The van der Waals surface area contributed by atoms with Gasteiger partial charge in [0.1, 0.15) is 0 Å². The summed E-state index contributed by atoms with van der Waals surface area (Å²) in [5, 5.41) is 2.91. The molecule has 1 amide bonds. The van der Waals surface area contributed by atoms with Crippen molar-refractivity contribution in [1.82, 2.24) is 5.32 Å². The summed E-state index contributed by atoms with van der Waals surface area (Å²) in [7, 11) is 0. The maximum Gasteiger partial charge on any atom is 0.220 e. The summed E-state index contributed by atoms with van der Waals surface area (Å²) in [6.45, 7) is 8.27. The molecule has 0 heterocycles. The van der Waals surface area contributed by atoms with Crippen LogP contribution in [0.4, 0.5) is 0 Å². The van der Waals surface area contributed by atoms with Gasteiger partial charge in [-0.15, -0.1) is 0 Å². The Bertz CT molecular complexity index is 642. The molecule has 0 bridgehead atoms. The first-order valence-electron chi connectivity index (χ1n) is 8.93. The number of ether oxygens (including phenoxy) is 1. The van der Waals surface area contributed by atoms with Crippen molar-refractivity contribution in [2.24, 2.45) is 0 Å². The molecule has 1 N–H and O–H groups in total. The Morgan fingerprint density at radius 3 is 2.28 bits per heavy atom. The van der Waals surface area contributed by atoms with Gasteiger partial charge in [0.25, 0.3) is 0 Å². The second kappa shape index (κ2) is 9.38. The van der Waals surface area contributed by atoms with Crippen LogP contribution in [0.3, 0.4) is 0 Å². The molecule has 134 valence electrons. The normalized spacial score (nSPS) is 11.3. The number of aryl methyl sites for hydroxylation is 1. The Kier molecular flexibility index (Phi) is 7.20. The fraction of sp³-hybridized carbons (Fsp3) is 0.409. The fourth-order valence-electron chi connectivity index (χ4n) is 2.54. The van der Waals surface area contributed by atoms with E-state index in [2.05, 4.69) is 50.4 Å². The van der Waals surface area contributed by atoms with Gasteiger partial charge in [-0.3, -0.25) is 4.79 Å². The summed E-state index contributed by atoms with van der Waals surface area (Å²) in [4.78, 5) is 11.9. The Morgan fingerprint density at radius 2 is 1.64 bits per heavy atom. The van der Waals surface area contributed by atoms with Crippen molar-refractivity contribution in [2.45, 2.75) is 45.6 Å². The van der Waals surface area contributed by atoms with Gasteiger partial charge in [-0.05, 0) is 28.5 Å². The molecule has 0 unspecified atom stereocenters. The van der Waals surface area contributed by atoms with Gasteiger partial charge in [0.2, 0.25) is 5.91 Å². The van der Waals surface area contributed by atoms with Crippen molar-refractivity contribution in [2.75, 3.05) is 13.2 Å². The molecule has 0 aliphatic rings. The van der Waals surface area contributed by atoms with Crippen LogP contribution in [0.15, 0.2) is 54.6 Å². The van der Waals surface area contributed by atoms with Gasteiger partial charge in [-0.2, -0.15) is 0 Å². The SMILES string of the molecule is CC(C)(C)c1ccc(CCC(=O)NCCOCc2ccccc2)cc1. The molecule has 2 rings (SSSR count). The van der Waals surface area contributed by atoms with Crippen LogP contribution in [0.25, 0.3) is 0 Å². The first-order chi connectivity index (χ1) is 11.9. The van der Waals surface area contributed by atoms with E-state index in [4.69, 9.17) is 4.74 Å². The zero-order chi connectivity index (χ0) is 18.1. The van der Waals surface area contributed by atoms with E-state index in [0.717, 1.165) is 12.0 Å². The molecular weight excluding hydrogens is 310 g/mol. The molecule has 3 nitrogen and oxygen atoms in total. The summed E-state index contributed by atoms with van der Waals surface area (Å²) in [5.74, 6) is 0.0724. The van der Waals surface area contributed by atoms with Crippen LogP contribution in [0.2, 0.25) is 0 Å². The van der Waals surface area contributed by atoms with Crippen LogP contribution >= 0.6 is 0 Å². The summed E-state index contributed by atoms with van der Waals surface area (Å²) >= 11 is 0. The molecule has 0 saturated carbocycles. The third-order valence-electron chi connectivity index (χ3n) is 4.14. The largest absolute Gasteiger partial charge is 0.375 e. The van der Waals surface area contributed by atoms with E-state index in [0.29, 0.717) is 26.2 Å². The zero-order valence-electron chi connectivity index (χ0n) is 15.5. The van der Waals surface area contributed by atoms with Crippen molar-refractivity contribution in [3.8, 4) is 0 Å². The second-order valence-electron chi connectivity index (χ2n) is 7.34. The van der Waals surface area contributed by atoms with Crippen molar-refractivity contribution in [3.05, 3.63) is 71.3 Å². The highest BCUT2D eigenvalue weighted by molar-refractivity contribution is 5.76. The van der Waals surface area contributed by atoms with Gasteiger partial charge in [-0.1, -0.05) is 75.4 Å². The summed E-state index contributed by atoms with van der Waals surface area (Å²) < 4.78 is 5.56. The third-order valence-corrected chi connectivity index (χ3v) is 4.14. The number of nitrogens with one attached hydrogen (secondary N) is 1. The summed E-state index contributed by atoms with van der Waals surface area (Å²) in [6.07, 6.45) is 1.27. The molecule has 0 aromatic heterocycles. The highest BCUT2D eigenvalue weighted by Crippen LogP contribution is 2.22.